The monoisotopic (exact) mass is 194 g/mol. The Morgan fingerprint density at radius 2 is 2.54 bits per heavy atom. The third kappa shape index (κ3) is 3.81. The van der Waals surface area contributed by atoms with Crippen LogP contribution in [0.4, 0.5) is 0 Å². The van der Waals surface area contributed by atoms with Crippen LogP contribution in [0, 0.1) is 18.8 Å². The highest BCUT2D eigenvalue weighted by molar-refractivity contribution is 8.13. The van der Waals surface area contributed by atoms with Crippen molar-refractivity contribution in [3.8, 4) is 11.8 Å². The molecule has 4 heteroatoms. The molecular weight excluding hydrogens is 184 g/mol. The van der Waals surface area contributed by atoms with Crippen molar-refractivity contribution < 1.29 is 4.79 Å². The molecule has 13 heavy (non-hydrogen) atoms. The van der Waals surface area contributed by atoms with E-state index in [0.29, 0.717) is 5.75 Å². The molecule has 0 aliphatic heterocycles. The summed E-state index contributed by atoms with van der Waals surface area (Å²) < 4.78 is 0. The van der Waals surface area contributed by atoms with E-state index in [0.717, 1.165) is 11.5 Å². The normalized spacial score (nSPS) is 9.08. The largest absolute Gasteiger partial charge is 0.336 e. The molecule has 1 N–H and O–H groups in total. The van der Waals surface area contributed by atoms with Gasteiger partial charge in [0.25, 0.3) is 0 Å². The molecule has 0 atom stereocenters. The van der Waals surface area contributed by atoms with Gasteiger partial charge >= 0.3 is 0 Å². The lowest BCUT2D eigenvalue weighted by molar-refractivity contribution is -0.109. The van der Waals surface area contributed by atoms with Gasteiger partial charge in [0.2, 0.25) is 0 Å². The first-order valence-corrected chi connectivity index (χ1v) is 4.81. The maximum atomic E-state index is 10.5. The number of nitrogens with zero attached hydrogens (tertiary/aromatic N) is 1. The molecule has 0 aliphatic rings. The Morgan fingerprint density at radius 3 is 3.08 bits per heavy atom. The van der Waals surface area contributed by atoms with Crippen molar-refractivity contribution >= 4 is 16.9 Å². The number of thioether (sulfide) groups is 1. The van der Waals surface area contributed by atoms with Crippen molar-refractivity contribution in [3.63, 3.8) is 0 Å². The van der Waals surface area contributed by atoms with Gasteiger partial charge in [0.1, 0.15) is 11.5 Å². The van der Waals surface area contributed by atoms with E-state index in [1.807, 2.05) is 6.92 Å². The second kappa shape index (κ2) is 4.73. The summed E-state index contributed by atoms with van der Waals surface area (Å²) in [5, 5.41) is 0.0927. The van der Waals surface area contributed by atoms with Gasteiger partial charge in [-0.05, 0) is 12.8 Å². The van der Waals surface area contributed by atoms with Crippen LogP contribution in [0.2, 0.25) is 0 Å². The zero-order chi connectivity index (χ0) is 9.68. The molecule has 1 aromatic heterocycles. The molecule has 1 aromatic rings. The van der Waals surface area contributed by atoms with Gasteiger partial charge < -0.3 is 4.98 Å². The van der Waals surface area contributed by atoms with Crippen LogP contribution in [0.3, 0.4) is 0 Å². The lowest BCUT2D eigenvalue weighted by Crippen LogP contribution is -1.82. The third-order valence-electron chi connectivity index (χ3n) is 1.27. The van der Waals surface area contributed by atoms with Gasteiger partial charge in [0.05, 0.1) is 11.9 Å². The molecule has 0 amide bonds. The fourth-order valence-electron chi connectivity index (χ4n) is 0.753. The summed E-state index contributed by atoms with van der Waals surface area (Å²) in [6.07, 6.45) is 1.68. The van der Waals surface area contributed by atoms with E-state index in [9.17, 15) is 4.79 Å². The Morgan fingerprint density at radius 1 is 1.77 bits per heavy atom. The van der Waals surface area contributed by atoms with Crippen LogP contribution in [-0.2, 0) is 4.79 Å². The van der Waals surface area contributed by atoms with Gasteiger partial charge in [0.15, 0.2) is 5.12 Å². The molecule has 0 aromatic carbocycles. The topological polar surface area (TPSA) is 45.8 Å². The molecule has 0 unspecified atom stereocenters. The standard InChI is InChI=1S/C9H10N2OS/c1-7-10-6-9(11-7)4-3-5-13-8(2)12/h6H,5H2,1-2H3,(H,10,11). The minimum absolute atomic E-state index is 0.0927. The summed E-state index contributed by atoms with van der Waals surface area (Å²) in [6, 6.07) is 0. The minimum atomic E-state index is 0.0927. The van der Waals surface area contributed by atoms with Crippen molar-refractivity contribution in [2.24, 2.45) is 0 Å². The van der Waals surface area contributed by atoms with E-state index in [2.05, 4.69) is 21.8 Å². The van der Waals surface area contributed by atoms with Gasteiger partial charge in [-0.3, -0.25) is 4.79 Å². The molecule has 0 spiro atoms. The van der Waals surface area contributed by atoms with Crippen molar-refractivity contribution in [1.29, 1.82) is 0 Å². The second-order valence-corrected chi connectivity index (χ2v) is 3.62. The SMILES string of the molecule is CC(=O)SCC#Cc1cnc(C)[nH]1. The molecule has 1 rings (SSSR count). The van der Waals surface area contributed by atoms with Crippen molar-refractivity contribution in [1.82, 2.24) is 9.97 Å². The van der Waals surface area contributed by atoms with Crippen LogP contribution in [0.1, 0.15) is 18.4 Å². The Hall–Kier alpha value is -1.21. The van der Waals surface area contributed by atoms with Crippen LogP contribution < -0.4 is 0 Å². The molecular formula is C9H10N2OS. The number of nitrogens with one attached hydrogen (secondary N) is 1. The van der Waals surface area contributed by atoms with Crippen LogP contribution in [0.25, 0.3) is 0 Å². The number of carbonyl (C=O) groups excluding carboxylic acids is 1. The Bertz CT molecular complexity index is 359. The van der Waals surface area contributed by atoms with Gasteiger partial charge in [-0.15, -0.1) is 0 Å². The second-order valence-electron chi connectivity index (χ2n) is 2.46. The molecule has 1 heterocycles. The third-order valence-corrected chi connectivity index (χ3v) is 1.97. The van der Waals surface area contributed by atoms with Gasteiger partial charge in [-0.25, -0.2) is 4.98 Å². The number of hydrogen-bond acceptors (Lipinski definition) is 3. The van der Waals surface area contributed by atoms with Crippen LogP contribution in [0.5, 0.6) is 0 Å². The molecule has 0 fully saturated rings. The number of aromatic amines is 1. The Kier molecular flexibility index (Phi) is 3.59. The van der Waals surface area contributed by atoms with E-state index in [1.54, 1.807) is 6.20 Å². The number of H-pyrrole nitrogens is 1. The van der Waals surface area contributed by atoms with Gasteiger partial charge in [-0.2, -0.15) is 0 Å². The quantitative estimate of drug-likeness (QED) is 0.686. The number of carbonyl (C=O) groups is 1. The van der Waals surface area contributed by atoms with E-state index in [1.165, 1.54) is 18.7 Å². The van der Waals surface area contributed by atoms with Crippen molar-refractivity contribution in [2.45, 2.75) is 13.8 Å². The molecule has 0 radical (unpaired) electrons. The summed E-state index contributed by atoms with van der Waals surface area (Å²) in [5.41, 5.74) is 0.793. The van der Waals surface area contributed by atoms with Crippen LogP contribution in [-0.4, -0.2) is 20.8 Å². The van der Waals surface area contributed by atoms with E-state index in [-0.39, 0.29) is 5.12 Å². The van der Waals surface area contributed by atoms with E-state index >= 15 is 0 Å². The highest BCUT2D eigenvalue weighted by Crippen LogP contribution is 1.98. The highest BCUT2D eigenvalue weighted by Gasteiger charge is 1.91. The van der Waals surface area contributed by atoms with Gasteiger partial charge in [0, 0.05) is 6.92 Å². The maximum Gasteiger partial charge on any atom is 0.186 e. The molecule has 0 bridgehead atoms. The Labute approximate surface area is 81.3 Å². The summed E-state index contributed by atoms with van der Waals surface area (Å²) in [7, 11) is 0. The van der Waals surface area contributed by atoms with Crippen molar-refractivity contribution in [3.05, 3.63) is 17.7 Å². The average molecular weight is 194 g/mol. The maximum absolute atomic E-state index is 10.5. The summed E-state index contributed by atoms with van der Waals surface area (Å²) in [6.45, 7) is 3.40. The zero-order valence-electron chi connectivity index (χ0n) is 7.55. The number of hydrogen-bond donors (Lipinski definition) is 1. The average Bonchev–Trinajstić information content (AvgIpc) is 2.45. The Balaban J connectivity index is 2.44. The first kappa shape index (κ1) is 9.87. The van der Waals surface area contributed by atoms with Gasteiger partial charge in [-0.1, -0.05) is 17.7 Å². The van der Waals surface area contributed by atoms with Crippen LogP contribution in [0.15, 0.2) is 6.20 Å². The molecule has 0 saturated carbocycles. The number of aromatic nitrogens is 2. The molecule has 0 aliphatic carbocycles. The fraction of sp³-hybridized carbons (Fsp3) is 0.333. The molecule has 0 saturated heterocycles. The smallest absolute Gasteiger partial charge is 0.186 e. The highest BCUT2D eigenvalue weighted by atomic mass is 32.2. The summed E-state index contributed by atoms with van der Waals surface area (Å²) in [4.78, 5) is 17.5. The first-order chi connectivity index (χ1) is 6.18. The van der Waals surface area contributed by atoms with Crippen molar-refractivity contribution in [2.75, 3.05) is 5.75 Å². The molecule has 68 valence electrons. The number of imidazole rings is 1. The number of rotatable bonds is 1. The fourth-order valence-corrected chi connectivity index (χ4v) is 1.10. The first-order valence-electron chi connectivity index (χ1n) is 3.82. The predicted octanol–water partition coefficient (Wildman–Crippen LogP) is 1.35. The lowest BCUT2D eigenvalue weighted by Gasteiger charge is -1.83. The van der Waals surface area contributed by atoms with Crippen LogP contribution >= 0.6 is 11.8 Å². The minimum Gasteiger partial charge on any atom is -0.336 e. The van der Waals surface area contributed by atoms with E-state index in [4.69, 9.17) is 0 Å². The summed E-state index contributed by atoms with van der Waals surface area (Å²) >= 11 is 1.21. The lowest BCUT2D eigenvalue weighted by atomic mass is 10.5. The van der Waals surface area contributed by atoms with E-state index < -0.39 is 0 Å². The zero-order valence-corrected chi connectivity index (χ0v) is 8.36. The summed E-state index contributed by atoms with van der Waals surface area (Å²) in [5.74, 6) is 7.13. The predicted molar refractivity (Wildman–Crippen MR) is 53.3 cm³/mol. The molecule has 3 nitrogen and oxygen atoms in total. The number of aryl methyl sites for hydroxylation is 1.